The van der Waals surface area contributed by atoms with Gasteiger partial charge in [-0.2, -0.15) is 0 Å². The lowest BCUT2D eigenvalue weighted by Crippen LogP contribution is -2.29. The summed E-state index contributed by atoms with van der Waals surface area (Å²) in [6.45, 7) is 3.04. The maximum absolute atomic E-state index is 11.5. The third kappa shape index (κ3) is 2.56. The Labute approximate surface area is 109 Å². The molecule has 0 unspecified atom stereocenters. The Bertz CT molecular complexity index is 585. The molecule has 0 amide bonds. The summed E-state index contributed by atoms with van der Waals surface area (Å²) in [5.41, 5.74) is -0.379. The maximum Gasteiger partial charge on any atom is 0.137 e. The van der Waals surface area contributed by atoms with Crippen LogP contribution in [0.25, 0.3) is 10.8 Å². The SMILES string of the molecule is CC(=O)C([SiH2]c1cccc2ccccc12)C(C)=O. The largest absolute Gasteiger partial charge is 0.300 e. The van der Waals surface area contributed by atoms with E-state index in [0.29, 0.717) is 0 Å². The van der Waals surface area contributed by atoms with E-state index in [1.165, 1.54) is 29.8 Å². The van der Waals surface area contributed by atoms with Crippen molar-refractivity contribution in [3.63, 3.8) is 0 Å². The predicted octanol–water partition coefficient (Wildman–Crippen LogP) is 1.60. The molecule has 0 radical (unpaired) electrons. The molecule has 0 bridgehead atoms. The van der Waals surface area contributed by atoms with Gasteiger partial charge in [-0.3, -0.25) is 9.59 Å². The van der Waals surface area contributed by atoms with E-state index in [4.69, 9.17) is 0 Å². The van der Waals surface area contributed by atoms with Crippen LogP contribution in [0.3, 0.4) is 0 Å². The van der Waals surface area contributed by atoms with Gasteiger partial charge in [0.1, 0.15) is 11.6 Å². The van der Waals surface area contributed by atoms with E-state index in [0.717, 1.165) is 0 Å². The second kappa shape index (κ2) is 5.27. The van der Waals surface area contributed by atoms with E-state index in [2.05, 4.69) is 18.2 Å². The Morgan fingerprint density at radius 3 is 2.22 bits per heavy atom. The molecule has 0 fully saturated rings. The van der Waals surface area contributed by atoms with Crippen LogP contribution in [-0.2, 0) is 9.59 Å². The molecule has 2 aromatic carbocycles. The van der Waals surface area contributed by atoms with Crippen molar-refractivity contribution >= 4 is 37.0 Å². The molecule has 3 heteroatoms. The van der Waals surface area contributed by atoms with Crippen LogP contribution in [0.1, 0.15) is 13.8 Å². The number of hydrogen-bond acceptors (Lipinski definition) is 2. The van der Waals surface area contributed by atoms with E-state index in [-0.39, 0.29) is 17.1 Å². The smallest absolute Gasteiger partial charge is 0.137 e. The van der Waals surface area contributed by atoms with Crippen molar-refractivity contribution in [1.82, 2.24) is 0 Å². The van der Waals surface area contributed by atoms with Crippen LogP contribution < -0.4 is 5.19 Å². The highest BCUT2D eigenvalue weighted by Gasteiger charge is 2.21. The first kappa shape index (κ1) is 12.7. The average Bonchev–Trinajstić information content (AvgIpc) is 2.35. The summed E-state index contributed by atoms with van der Waals surface area (Å²) >= 11 is 0. The standard InChI is InChI=1S/C15H16O2Si/c1-10(16)15(11(2)17)18-14-9-5-7-12-6-3-4-8-13(12)14/h3-9,15H,18H2,1-2H3. The van der Waals surface area contributed by atoms with Gasteiger partial charge in [-0.15, -0.1) is 0 Å². The molecule has 2 nitrogen and oxygen atoms in total. The van der Waals surface area contributed by atoms with E-state index in [1.807, 2.05) is 24.3 Å². The van der Waals surface area contributed by atoms with Crippen LogP contribution in [0.2, 0.25) is 5.54 Å². The monoisotopic (exact) mass is 256 g/mol. The Hall–Kier alpha value is -1.74. The zero-order valence-electron chi connectivity index (χ0n) is 10.6. The van der Waals surface area contributed by atoms with Crippen LogP contribution in [0.5, 0.6) is 0 Å². The summed E-state index contributed by atoms with van der Waals surface area (Å²) in [6, 6.07) is 14.2. The molecule has 0 aliphatic rings. The lowest BCUT2D eigenvalue weighted by Gasteiger charge is -2.11. The summed E-state index contributed by atoms with van der Waals surface area (Å²) < 4.78 is 0. The maximum atomic E-state index is 11.5. The van der Waals surface area contributed by atoms with Gasteiger partial charge < -0.3 is 0 Å². The molecular formula is C15H16O2Si. The van der Waals surface area contributed by atoms with Crippen LogP contribution in [-0.4, -0.2) is 21.1 Å². The number of rotatable bonds is 4. The third-order valence-electron chi connectivity index (χ3n) is 3.29. The highest BCUT2D eigenvalue weighted by atomic mass is 28.2. The molecule has 0 heterocycles. The molecule has 0 N–H and O–H groups in total. The van der Waals surface area contributed by atoms with E-state index < -0.39 is 9.52 Å². The van der Waals surface area contributed by atoms with Crippen molar-refractivity contribution in [2.24, 2.45) is 0 Å². The summed E-state index contributed by atoms with van der Waals surface area (Å²) in [7, 11) is -0.913. The van der Waals surface area contributed by atoms with Crippen LogP contribution in [0.4, 0.5) is 0 Å². The Morgan fingerprint density at radius 1 is 0.944 bits per heavy atom. The summed E-state index contributed by atoms with van der Waals surface area (Å²) in [5.74, 6) is 0.00389. The number of hydrogen-bond donors (Lipinski definition) is 0. The molecule has 92 valence electrons. The summed E-state index contributed by atoms with van der Waals surface area (Å²) in [5, 5.41) is 3.55. The lowest BCUT2D eigenvalue weighted by atomic mass is 10.1. The van der Waals surface area contributed by atoms with E-state index >= 15 is 0 Å². The fourth-order valence-electron chi connectivity index (χ4n) is 2.26. The van der Waals surface area contributed by atoms with Crippen molar-refractivity contribution in [2.75, 3.05) is 0 Å². The first-order valence-electron chi connectivity index (χ1n) is 6.07. The predicted molar refractivity (Wildman–Crippen MR) is 77.2 cm³/mol. The molecule has 0 aliphatic heterocycles. The Balaban J connectivity index is 2.42. The number of carbonyl (C=O) groups is 2. The van der Waals surface area contributed by atoms with Gasteiger partial charge in [0.05, 0.1) is 15.1 Å². The Morgan fingerprint density at radius 2 is 1.56 bits per heavy atom. The van der Waals surface area contributed by atoms with Gasteiger partial charge in [-0.25, -0.2) is 0 Å². The summed E-state index contributed by atoms with van der Waals surface area (Å²) in [4.78, 5) is 23.1. The van der Waals surface area contributed by atoms with Crippen LogP contribution in [0, 0.1) is 0 Å². The quantitative estimate of drug-likeness (QED) is 0.615. The summed E-state index contributed by atoms with van der Waals surface area (Å²) in [6.07, 6.45) is 0. The van der Waals surface area contributed by atoms with Gasteiger partial charge in [0.25, 0.3) is 0 Å². The first-order chi connectivity index (χ1) is 8.59. The molecule has 0 aromatic heterocycles. The second-order valence-corrected chi connectivity index (χ2v) is 6.60. The van der Waals surface area contributed by atoms with Crippen molar-refractivity contribution < 1.29 is 9.59 Å². The fourth-order valence-corrected chi connectivity index (χ4v) is 4.09. The van der Waals surface area contributed by atoms with Gasteiger partial charge >= 0.3 is 0 Å². The van der Waals surface area contributed by atoms with Crippen molar-refractivity contribution in [2.45, 2.75) is 19.4 Å². The normalized spacial score (nSPS) is 11.5. The minimum Gasteiger partial charge on any atom is -0.300 e. The molecule has 0 spiro atoms. The highest BCUT2D eigenvalue weighted by molar-refractivity contribution is 6.66. The molecule has 2 rings (SSSR count). The van der Waals surface area contributed by atoms with Gasteiger partial charge in [0.15, 0.2) is 0 Å². The molecule has 0 aliphatic carbocycles. The number of ketones is 2. The number of Topliss-reactive ketones (excluding diaryl/α,β-unsaturated/α-hetero) is 2. The topological polar surface area (TPSA) is 34.1 Å². The number of benzene rings is 2. The number of fused-ring (bicyclic) bond motifs is 1. The van der Waals surface area contributed by atoms with E-state index in [1.54, 1.807) is 0 Å². The first-order valence-corrected chi connectivity index (χ1v) is 7.59. The molecule has 0 saturated carbocycles. The lowest BCUT2D eigenvalue weighted by molar-refractivity contribution is -0.124. The van der Waals surface area contributed by atoms with Crippen LogP contribution in [0.15, 0.2) is 42.5 Å². The average molecular weight is 256 g/mol. The van der Waals surface area contributed by atoms with Crippen molar-refractivity contribution in [3.05, 3.63) is 42.5 Å². The second-order valence-electron chi connectivity index (χ2n) is 4.62. The molecular weight excluding hydrogens is 240 g/mol. The van der Waals surface area contributed by atoms with Gasteiger partial charge in [0, 0.05) is 0 Å². The fraction of sp³-hybridized carbons (Fsp3) is 0.200. The van der Waals surface area contributed by atoms with Gasteiger partial charge in [-0.1, -0.05) is 47.7 Å². The van der Waals surface area contributed by atoms with Crippen molar-refractivity contribution in [3.8, 4) is 0 Å². The van der Waals surface area contributed by atoms with E-state index in [9.17, 15) is 9.59 Å². The Kier molecular flexibility index (Phi) is 3.72. The van der Waals surface area contributed by atoms with Crippen molar-refractivity contribution in [1.29, 1.82) is 0 Å². The molecule has 0 saturated heterocycles. The number of carbonyl (C=O) groups excluding carboxylic acids is 2. The van der Waals surface area contributed by atoms with Gasteiger partial charge in [-0.05, 0) is 24.6 Å². The minimum absolute atomic E-state index is 0.00195. The molecule has 2 aromatic rings. The molecule has 18 heavy (non-hydrogen) atoms. The minimum atomic E-state index is -0.913. The van der Waals surface area contributed by atoms with Gasteiger partial charge in [0.2, 0.25) is 0 Å². The van der Waals surface area contributed by atoms with Crippen LogP contribution >= 0.6 is 0 Å². The zero-order valence-corrected chi connectivity index (χ0v) is 12.1. The third-order valence-corrected chi connectivity index (χ3v) is 5.90. The zero-order chi connectivity index (χ0) is 13.1. The molecule has 0 atom stereocenters. The highest BCUT2D eigenvalue weighted by Crippen LogP contribution is 2.13.